The number of carboxylic acids is 1. The predicted molar refractivity (Wildman–Crippen MR) is 132 cm³/mol. The van der Waals surface area contributed by atoms with Crippen molar-refractivity contribution < 1.29 is 32.6 Å². The fraction of sp³-hybridized carbons (Fsp3) is 0.321. The van der Waals surface area contributed by atoms with Gasteiger partial charge in [-0.3, -0.25) is 4.79 Å². The average molecular weight is 527 g/mol. The topological polar surface area (TPSA) is 94.6 Å². The van der Waals surface area contributed by atoms with Gasteiger partial charge in [0.2, 0.25) is 5.91 Å². The number of nitrogens with zero attached hydrogens (tertiary/aromatic N) is 2. The van der Waals surface area contributed by atoms with Crippen LogP contribution in [0.3, 0.4) is 0 Å². The minimum atomic E-state index is -4.46. The van der Waals surface area contributed by atoms with Crippen molar-refractivity contribution in [1.29, 1.82) is 0 Å². The first-order valence-corrected chi connectivity index (χ1v) is 12.2. The molecule has 7 nitrogen and oxygen atoms in total. The Kier molecular flexibility index (Phi) is 8.19. The molecule has 0 unspecified atom stereocenters. The Morgan fingerprint density at radius 2 is 1.89 bits per heavy atom. The van der Waals surface area contributed by atoms with Gasteiger partial charge < -0.3 is 24.9 Å². The van der Waals surface area contributed by atoms with Crippen LogP contribution in [0.5, 0.6) is 5.75 Å². The molecule has 1 N–H and O–H groups in total. The van der Waals surface area contributed by atoms with Gasteiger partial charge in [-0.1, -0.05) is 24.3 Å². The third kappa shape index (κ3) is 6.81. The van der Waals surface area contributed by atoms with Crippen LogP contribution in [0.25, 0.3) is 0 Å². The van der Waals surface area contributed by atoms with Crippen molar-refractivity contribution in [1.82, 2.24) is 9.88 Å². The number of alkyl halides is 3. The standard InChI is InChI=1S/C28H28F3N3O4/c1-32-25-4-2-3-23(33-25)11-12-38-24-10-7-19-13-20(15-26(35)36)27(37)34(17-21(19)14-24)16-18-5-8-22(9-6-18)28(29,30)31/h2-10,14,20H,11-13,15-17H2,1H3,(H,32,33)(H,35,36)/p-1/t20-/m0/s1. The number of carboxylic acid groups (broad SMARTS) is 1. The van der Waals surface area contributed by atoms with Gasteiger partial charge in [-0.2, -0.15) is 13.2 Å². The van der Waals surface area contributed by atoms with E-state index >= 15 is 0 Å². The first-order chi connectivity index (χ1) is 18.1. The van der Waals surface area contributed by atoms with Crippen molar-refractivity contribution in [2.45, 2.75) is 38.5 Å². The highest BCUT2D eigenvalue weighted by Crippen LogP contribution is 2.31. The number of benzene rings is 2. The quantitative estimate of drug-likeness (QED) is 0.458. The molecule has 1 amide bonds. The van der Waals surface area contributed by atoms with E-state index in [-0.39, 0.29) is 25.4 Å². The molecule has 1 atom stereocenters. The summed E-state index contributed by atoms with van der Waals surface area (Å²) in [6.07, 6.45) is -4.11. The zero-order valence-corrected chi connectivity index (χ0v) is 20.8. The van der Waals surface area contributed by atoms with E-state index < -0.39 is 30.0 Å². The molecule has 0 saturated carbocycles. The Morgan fingerprint density at radius 3 is 2.58 bits per heavy atom. The van der Waals surface area contributed by atoms with Gasteiger partial charge in [0, 0.05) is 44.1 Å². The van der Waals surface area contributed by atoms with Gasteiger partial charge >= 0.3 is 6.18 Å². The molecule has 2 aromatic carbocycles. The highest BCUT2D eigenvalue weighted by molar-refractivity contribution is 5.83. The Balaban J connectivity index is 1.51. The number of hydrogen-bond acceptors (Lipinski definition) is 6. The van der Waals surface area contributed by atoms with Gasteiger partial charge in [0.1, 0.15) is 11.6 Å². The summed E-state index contributed by atoms with van der Waals surface area (Å²) in [5.74, 6) is -1.21. The molecule has 0 fully saturated rings. The van der Waals surface area contributed by atoms with E-state index in [9.17, 15) is 27.9 Å². The summed E-state index contributed by atoms with van der Waals surface area (Å²) in [6, 6.07) is 15.7. The minimum absolute atomic E-state index is 0.0402. The molecule has 2 heterocycles. The maximum Gasteiger partial charge on any atom is 0.416 e. The Bertz CT molecular complexity index is 1300. The third-order valence-corrected chi connectivity index (χ3v) is 6.42. The Morgan fingerprint density at radius 1 is 1.13 bits per heavy atom. The monoisotopic (exact) mass is 526 g/mol. The number of fused-ring (bicyclic) bond motifs is 1. The van der Waals surface area contributed by atoms with Crippen molar-refractivity contribution in [3.63, 3.8) is 0 Å². The van der Waals surface area contributed by atoms with Crippen molar-refractivity contribution in [3.8, 4) is 5.75 Å². The highest BCUT2D eigenvalue weighted by atomic mass is 19.4. The molecule has 1 aromatic heterocycles. The molecule has 0 aliphatic carbocycles. The number of carbonyl (C=O) groups is 2. The number of pyridine rings is 1. The molecule has 38 heavy (non-hydrogen) atoms. The van der Waals surface area contributed by atoms with Crippen molar-refractivity contribution in [2.75, 3.05) is 19.0 Å². The average Bonchev–Trinajstić information content (AvgIpc) is 3.00. The molecule has 4 rings (SSSR count). The first-order valence-electron chi connectivity index (χ1n) is 12.2. The van der Waals surface area contributed by atoms with Crippen LogP contribution in [-0.4, -0.2) is 35.4 Å². The molecule has 10 heteroatoms. The summed E-state index contributed by atoms with van der Waals surface area (Å²) in [5, 5.41) is 14.3. The number of nitrogens with one attached hydrogen (secondary N) is 1. The van der Waals surface area contributed by atoms with E-state index in [1.165, 1.54) is 17.0 Å². The lowest BCUT2D eigenvalue weighted by Gasteiger charge is -2.25. The lowest BCUT2D eigenvalue weighted by atomic mass is 9.94. The lowest BCUT2D eigenvalue weighted by Crippen LogP contribution is -2.37. The third-order valence-electron chi connectivity index (χ3n) is 6.42. The van der Waals surface area contributed by atoms with Crippen LogP contribution in [-0.2, 0) is 41.7 Å². The molecule has 0 saturated heterocycles. The highest BCUT2D eigenvalue weighted by Gasteiger charge is 2.32. The number of aromatic nitrogens is 1. The summed E-state index contributed by atoms with van der Waals surface area (Å²) in [4.78, 5) is 30.5. The molecule has 0 bridgehead atoms. The lowest BCUT2D eigenvalue weighted by molar-refractivity contribution is -0.306. The number of ether oxygens (including phenoxy) is 1. The second-order valence-electron chi connectivity index (χ2n) is 9.16. The van der Waals surface area contributed by atoms with Crippen molar-refractivity contribution in [2.24, 2.45) is 5.92 Å². The molecule has 200 valence electrons. The van der Waals surface area contributed by atoms with Gasteiger partial charge in [0.15, 0.2) is 0 Å². The number of anilines is 1. The number of halogens is 3. The van der Waals surface area contributed by atoms with Crippen LogP contribution in [0, 0.1) is 5.92 Å². The van der Waals surface area contributed by atoms with E-state index in [1.54, 1.807) is 13.1 Å². The summed E-state index contributed by atoms with van der Waals surface area (Å²) in [7, 11) is 1.79. The SMILES string of the molecule is CNc1cccc(CCOc2ccc3c(c2)CN(Cc2ccc(C(F)(F)F)cc2)C(=O)[C@H](CC(=O)[O-])C3)n1. The fourth-order valence-electron chi connectivity index (χ4n) is 4.48. The van der Waals surface area contributed by atoms with Gasteiger partial charge in [-0.15, -0.1) is 0 Å². The van der Waals surface area contributed by atoms with Crippen LogP contribution in [0.15, 0.2) is 60.7 Å². The number of amides is 1. The van der Waals surface area contributed by atoms with Gasteiger partial charge in [0.25, 0.3) is 0 Å². The molecular weight excluding hydrogens is 499 g/mol. The zero-order valence-electron chi connectivity index (χ0n) is 20.8. The molecule has 1 aliphatic heterocycles. The van der Waals surface area contributed by atoms with Crippen LogP contribution in [0.1, 0.15) is 34.4 Å². The molecule has 0 spiro atoms. The second kappa shape index (κ2) is 11.5. The van der Waals surface area contributed by atoms with Crippen LogP contribution >= 0.6 is 0 Å². The molecule has 0 radical (unpaired) electrons. The minimum Gasteiger partial charge on any atom is -0.550 e. The number of aliphatic carboxylic acids is 1. The number of carbonyl (C=O) groups excluding carboxylic acids is 2. The van der Waals surface area contributed by atoms with Crippen molar-refractivity contribution in [3.05, 3.63) is 88.6 Å². The zero-order chi connectivity index (χ0) is 27.3. The van der Waals surface area contributed by atoms with Crippen LogP contribution in [0.4, 0.5) is 19.0 Å². The van der Waals surface area contributed by atoms with Gasteiger partial charge in [-0.05, 0) is 65.9 Å². The van der Waals surface area contributed by atoms with Gasteiger partial charge in [0.05, 0.1) is 12.2 Å². The van der Waals surface area contributed by atoms with Gasteiger partial charge in [-0.25, -0.2) is 4.98 Å². The largest absolute Gasteiger partial charge is 0.550 e. The molecule has 1 aliphatic rings. The normalized spacial score (nSPS) is 15.5. The summed E-state index contributed by atoms with van der Waals surface area (Å²) in [6.45, 7) is 0.584. The maximum absolute atomic E-state index is 13.3. The molecular formula is C28H27F3N3O4-. The number of hydrogen-bond donors (Lipinski definition) is 1. The Hall–Kier alpha value is -4.08. The predicted octanol–water partition coefficient (Wildman–Crippen LogP) is 3.60. The summed E-state index contributed by atoms with van der Waals surface area (Å²) < 4.78 is 44.8. The van der Waals surface area contributed by atoms with E-state index in [0.717, 1.165) is 34.8 Å². The Labute approximate surface area is 218 Å². The van der Waals surface area contributed by atoms with Crippen LogP contribution < -0.4 is 15.2 Å². The van der Waals surface area contributed by atoms with E-state index in [4.69, 9.17) is 4.74 Å². The van der Waals surface area contributed by atoms with E-state index in [2.05, 4.69) is 10.3 Å². The molecule has 3 aromatic rings. The summed E-state index contributed by atoms with van der Waals surface area (Å²) >= 11 is 0. The number of rotatable bonds is 9. The first kappa shape index (κ1) is 27.0. The second-order valence-corrected chi connectivity index (χ2v) is 9.16. The smallest absolute Gasteiger partial charge is 0.416 e. The summed E-state index contributed by atoms with van der Waals surface area (Å²) in [5.41, 5.74) is 2.20. The fourth-order valence-corrected chi connectivity index (χ4v) is 4.48. The maximum atomic E-state index is 13.3. The van der Waals surface area contributed by atoms with Crippen LogP contribution in [0.2, 0.25) is 0 Å². The van der Waals surface area contributed by atoms with E-state index in [1.807, 2.05) is 30.3 Å². The van der Waals surface area contributed by atoms with E-state index in [0.29, 0.717) is 24.3 Å². The van der Waals surface area contributed by atoms with Crippen molar-refractivity contribution >= 4 is 17.7 Å².